The van der Waals surface area contributed by atoms with Crippen molar-refractivity contribution < 1.29 is 19.9 Å². The van der Waals surface area contributed by atoms with E-state index in [-0.39, 0.29) is 11.3 Å². The first-order valence-electron chi connectivity index (χ1n) is 4.56. The monoisotopic (exact) mass is 225 g/mol. The summed E-state index contributed by atoms with van der Waals surface area (Å²) in [4.78, 5) is 20.4. The molecule has 0 aliphatic rings. The van der Waals surface area contributed by atoms with E-state index >= 15 is 0 Å². The van der Waals surface area contributed by atoms with Gasteiger partial charge < -0.3 is 10.2 Å². The summed E-state index contributed by atoms with van der Waals surface area (Å²) >= 11 is 0. The van der Waals surface area contributed by atoms with Crippen LogP contribution >= 0.6 is 0 Å². The number of nitro groups is 1. The number of aliphatic hydroxyl groups is 1. The Balaban J connectivity index is 3.02. The van der Waals surface area contributed by atoms with Crippen molar-refractivity contribution >= 4 is 11.7 Å². The van der Waals surface area contributed by atoms with Gasteiger partial charge in [0.05, 0.1) is 17.4 Å². The van der Waals surface area contributed by atoms with Crippen molar-refractivity contribution in [3.8, 4) is 0 Å². The summed E-state index contributed by atoms with van der Waals surface area (Å²) in [5.41, 5.74) is 0.581. The third-order valence-electron chi connectivity index (χ3n) is 2.18. The zero-order chi connectivity index (χ0) is 12.3. The molecule has 6 nitrogen and oxygen atoms in total. The maximum atomic E-state index is 10.6. The summed E-state index contributed by atoms with van der Waals surface area (Å²) in [7, 11) is 0. The molecule has 16 heavy (non-hydrogen) atoms. The Morgan fingerprint density at radius 3 is 2.69 bits per heavy atom. The highest BCUT2D eigenvalue weighted by molar-refractivity contribution is 5.67. The number of aliphatic hydroxyl groups excluding tert-OH is 1. The Labute approximate surface area is 91.3 Å². The van der Waals surface area contributed by atoms with Gasteiger partial charge in [0, 0.05) is 11.6 Å². The van der Waals surface area contributed by atoms with Crippen molar-refractivity contribution in [1.82, 2.24) is 0 Å². The topological polar surface area (TPSA) is 101 Å². The Hall–Kier alpha value is -1.95. The van der Waals surface area contributed by atoms with Crippen LogP contribution in [0.4, 0.5) is 5.69 Å². The first-order valence-corrected chi connectivity index (χ1v) is 4.56. The Morgan fingerprint density at radius 2 is 2.19 bits per heavy atom. The predicted molar refractivity (Wildman–Crippen MR) is 55.0 cm³/mol. The average Bonchev–Trinajstić information content (AvgIpc) is 2.16. The Kier molecular flexibility index (Phi) is 3.57. The van der Waals surface area contributed by atoms with Gasteiger partial charge in [0.25, 0.3) is 5.69 Å². The van der Waals surface area contributed by atoms with Gasteiger partial charge in [-0.05, 0) is 12.5 Å². The molecule has 0 heterocycles. The van der Waals surface area contributed by atoms with Crippen LogP contribution in [0.15, 0.2) is 18.2 Å². The molecule has 6 heteroatoms. The molecule has 0 saturated carbocycles. The van der Waals surface area contributed by atoms with E-state index in [1.54, 1.807) is 6.92 Å². The molecule has 0 aliphatic heterocycles. The van der Waals surface area contributed by atoms with Gasteiger partial charge in [-0.3, -0.25) is 14.9 Å². The van der Waals surface area contributed by atoms with Crippen LogP contribution in [0.5, 0.6) is 0 Å². The van der Waals surface area contributed by atoms with Crippen molar-refractivity contribution in [3.63, 3.8) is 0 Å². The van der Waals surface area contributed by atoms with E-state index < -0.39 is 23.4 Å². The Bertz CT molecular complexity index is 429. The fourth-order valence-corrected chi connectivity index (χ4v) is 1.31. The molecule has 1 unspecified atom stereocenters. The standard InChI is InChI=1S/C10H11NO5/c1-6-2-3-7(4-8(6)11(15)16)9(12)5-10(13)14/h2-4,9,12H,5H2,1H3,(H,13,14). The molecule has 0 aromatic heterocycles. The molecule has 0 bridgehead atoms. The first kappa shape index (κ1) is 12.1. The number of aryl methyl sites for hydroxylation is 1. The molecule has 1 aromatic carbocycles. The molecule has 1 atom stereocenters. The predicted octanol–water partition coefficient (Wildman–Crippen LogP) is 1.41. The number of rotatable bonds is 4. The number of hydrogen-bond donors (Lipinski definition) is 2. The third-order valence-corrected chi connectivity index (χ3v) is 2.18. The van der Waals surface area contributed by atoms with Crippen LogP contribution in [-0.2, 0) is 4.79 Å². The lowest BCUT2D eigenvalue weighted by molar-refractivity contribution is -0.385. The molecule has 1 aromatic rings. The van der Waals surface area contributed by atoms with Gasteiger partial charge in [-0.25, -0.2) is 0 Å². The first-order chi connectivity index (χ1) is 7.41. The van der Waals surface area contributed by atoms with Gasteiger partial charge >= 0.3 is 5.97 Å². The minimum Gasteiger partial charge on any atom is -0.481 e. The molecular weight excluding hydrogens is 214 g/mol. The van der Waals surface area contributed by atoms with Crippen LogP contribution in [-0.4, -0.2) is 21.1 Å². The molecule has 0 radical (unpaired) electrons. The highest BCUT2D eigenvalue weighted by atomic mass is 16.6. The largest absolute Gasteiger partial charge is 0.481 e. The minimum absolute atomic E-state index is 0.123. The second-order valence-corrected chi connectivity index (χ2v) is 3.42. The summed E-state index contributed by atoms with van der Waals surface area (Å²) in [5.74, 6) is -1.16. The lowest BCUT2D eigenvalue weighted by atomic mass is 10.0. The van der Waals surface area contributed by atoms with Crippen molar-refractivity contribution in [2.45, 2.75) is 19.4 Å². The van der Waals surface area contributed by atoms with Gasteiger partial charge in [0.1, 0.15) is 0 Å². The van der Waals surface area contributed by atoms with Gasteiger partial charge in [-0.2, -0.15) is 0 Å². The second-order valence-electron chi connectivity index (χ2n) is 3.42. The number of carboxylic acids is 1. The molecule has 86 valence electrons. The van der Waals surface area contributed by atoms with Crippen LogP contribution in [0.25, 0.3) is 0 Å². The second kappa shape index (κ2) is 4.71. The molecule has 2 N–H and O–H groups in total. The molecule has 0 fully saturated rings. The average molecular weight is 225 g/mol. The van der Waals surface area contributed by atoms with Gasteiger partial charge in [-0.15, -0.1) is 0 Å². The summed E-state index contributed by atoms with van der Waals surface area (Å²) in [5, 5.41) is 28.6. The summed E-state index contributed by atoms with van der Waals surface area (Å²) in [6.45, 7) is 1.57. The normalized spacial score (nSPS) is 12.1. The molecular formula is C10H11NO5. The smallest absolute Gasteiger partial charge is 0.306 e. The highest BCUT2D eigenvalue weighted by Crippen LogP contribution is 2.24. The number of nitro benzene ring substituents is 1. The van der Waals surface area contributed by atoms with E-state index in [2.05, 4.69) is 0 Å². The van der Waals surface area contributed by atoms with E-state index in [4.69, 9.17) is 5.11 Å². The number of carbonyl (C=O) groups is 1. The van der Waals surface area contributed by atoms with Gasteiger partial charge in [0.15, 0.2) is 0 Å². The van der Waals surface area contributed by atoms with Crippen molar-refractivity contribution in [2.75, 3.05) is 0 Å². The van der Waals surface area contributed by atoms with E-state index in [1.165, 1.54) is 18.2 Å². The van der Waals surface area contributed by atoms with E-state index in [0.29, 0.717) is 5.56 Å². The number of benzene rings is 1. The molecule has 1 rings (SSSR count). The fraction of sp³-hybridized carbons (Fsp3) is 0.300. The lowest BCUT2D eigenvalue weighted by Crippen LogP contribution is -2.06. The van der Waals surface area contributed by atoms with Gasteiger partial charge in [0.2, 0.25) is 0 Å². The Morgan fingerprint density at radius 1 is 1.56 bits per heavy atom. The number of hydrogen-bond acceptors (Lipinski definition) is 4. The number of nitrogens with zero attached hydrogens (tertiary/aromatic N) is 1. The highest BCUT2D eigenvalue weighted by Gasteiger charge is 2.17. The molecule has 0 amide bonds. The van der Waals surface area contributed by atoms with E-state index in [9.17, 15) is 20.0 Å². The summed E-state index contributed by atoms with van der Waals surface area (Å²) in [6, 6.07) is 4.16. The quantitative estimate of drug-likeness (QED) is 0.596. The van der Waals surface area contributed by atoms with Crippen LogP contribution < -0.4 is 0 Å². The maximum Gasteiger partial charge on any atom is 0.306 e. The van der Waals surface area contributed by atoms with Crippen LogP contribution in [0.3, 0.4) is 0 Å². The number of aliphatic carboxylic acids is 1. The summed E-state index contributed by atoms with van der Waals surface area (Å²) in [6.07, 6.45) is -1.70. The zero-order valence-corrected chi connectivity index (χ0v) is 8.58. The zero-order valence-electron chi connectivity index (χ0n) is 8.58. The fourth-order valence-electron chi connectivity index (χ4n) is 1.31. The minimum atomic E-state index is -1.23. The van der Waals surface area contributed by atoms with Crippen molar-refractivity contribution in [3.05, 3.63) is 39.4 Å². The van der Waals surface area contributed by atoms with Crippen LogP contribution in [0.1, 0.15) is 23.7 Å². The van der Waals surface area contributed by atoms with E-state index in [1.807, 2.05) is 0 Å². The molecule has 0 spiro atoms. The van der Waals surface area contributed by atoms with E-state index in [0.717, 1.165) is 0 Å². The third kappa shape index (κ3) is 2.77. The van der Waals surface area contributed by atoms with Crippen LogP contribution in [0.2, 0.25) is 0 Å². The molecule has 0 aliphatic carbocycles. The van der Waals surface area contributed by atoms with Gasteiger partial charge in [-0.1, -0.05) is 12.1 Å². The maximum absolute atomic E-state index is 10.6. The van der Waals surface area contributed by atoms with Crippen molar-refractivity contribution in [2.24, 2.45) is 0 Å². The molecule has 0 saturated heterocycles. The van der Waals surface area contributed by atoms with Crippen molar-refractivity contribution in [1.29, 1.82) is 0 Å². The van der Waals surface area contributed by atoms with Crippen LogP contribution in [0, 0.1) is 17.0 Å². The lowest BCUT2D eigenvalue weighted by Gasteiger charge is -2.08. The number of carboxylic acid groups (broad SMARTS) is 1. The SMILES string of the molecule is Cc1ccc(C(O)CC(=O)O)cc1[N+](=O)[O-]. The summed E-state index contributed by atoms with van der Waals surface area (Å²) < 4.78 is 0.